The maximum absolute atomic E-state index is 12.3. The van der Waals surface area contributed by atoms with Crippen molar-refractivity contribution < 1.29 is 28.7 Å². The molecule has 2 aromatic carbocycles. The minimum Gasteiger partial charge on any atom is -0.497 e. The van der Waals surface area contributed by atoms with E-state index in [9.17, 15) is 19.7 Å². The highest BCUT2D eigenvalue weighted by molar-refractivity contribution is 6.01. The van der Waals surface area contributed by atoms with E-state index in [-0.39, 0.29) is 16.8 Å². The number of ketones is 1. The Balaban J connectivity index is 2.06. The Kier molecular flexibility index (Phi) is 5.67. The van der Waals surface area contributed by atoms with Gasteiger partial charge in [0.15, 0.2) is 6.61 Å². The summed E-state index contributed by atoms with van der Waals surface area (Å²) in [6.45, 7) is -0.501. The molecule has 0 heterocycles. The van der Waals surface area contributed by atoms with Gasteiger partial charge >= 0.3 is 5.97 Å². The monoisotopic (exact) mass is 345 g/mol. The minimum absolute atomic E-state index is 0.107. The summed E-state index contributed by atoms with van der Waals surface area (Å²) in [6, 6.07) is 9.59. The number of carbonyl (C=O) groups excluding carboxylic acids is 2. The molecule has 0 aliphatic rings. The van der Waals surface area contributed by atoms with Crippen LogP contribution in [0.4, 0.5) is 5.69 Å². The molecule has 0 N–H and O–H groups in total. The lowest BCUT2D eigenvalue weighted by Crippen LogP contribution is -2.15. The normalized spacial score (nSPS) is 10.0. The van der Waals surface area contributed by atoms with Crippen LogP contribution >= 0.6 is 0 Å². The summed E-state index contributed by atoms with van der Waals surface area (Å²) >= 11 is 0. The van der Waals surface area contributed by atoms with E-state index >= 15 is 0 Å². The third-order valence-electron chi connectivity index (χ3n) is 3.36. The fourth-order valence-electron chi connectivity index (χ4n) is 2.04. The highest BCUT2D eigenvalue weighted by Crippen LogP contribution is 2.24. The van der Waals surface area contributed by atoms with E-state index in [1.54, 1.807) is 12.1 Å². The van der Waals surface area contributed by atoms with Crippen molar-refractivity contribution in [1.82, 2.24) is 0 Å². The number of nitrogens with zero attached hydrogens (tertiary/aromatic N) is 1. The number of rotatable bonds is 7. The van der Waals surface area contributed by atoms with E-state index in [1.165, 1.54) is 44.6 Å². The number of nitro benzene ring substituents is 1. The summed E-state index contributed by atoms with van der Waals surface area (Å²) in [5.41, 5.74) is 0.183. The van der Waals surface area contributed by atoms with Crippen LogP contribution < -0.4 is 9.47 Å². The molecular formula is C17H15NO7. The van der Waals surface area contributed by atoms with E-state index in [4.69, 9.17) is 14.2 Å². The fraction of sp³-hybridized carbons (Fsp3) is 0.176. The number of hydrogen-bond acceptors (Lipinski definition) is 7. The van der Waals surface area contributed by atoms with Crippen molar-refractivity contribution in [2.24, 2.45) is 0 Å². The van der Waals surface area contributed by atoms with Gasteiger partial charge < -0.3 is 14.2 Å². The smallest absolute Gasteiger partial charge is 0.338 e. The number of benzene rings is 2. The molecule has 8 heteroatoms. The third kappa shape index (κ3) is 4.31. The van der Waals surface area contributed by atoms with Crippen molar-refractivity contribution in [1.29, 1.82) is 0 Å². The second-order valence-corrected chi connectivity index (χ2v) is 4.87. The van der Waals surface area contributed by atoms with Gasteiger partial charge in [0.05, 0.1) is 30.3 Å². The third-order valence-corrected chi connectivity index (χ3v) is 3.36. The Morgan fingerprint density at radius 1 is 1.04 bits per heavy atom. The molecule has 0 radical (unpaired) electrons. The number of Topliss-reactive ketones (excluding diaryl/α,β-unsaturated/α-hetero) is 1. The Morgan fingerprint density at radius 2 is 1.72 bits per heavy atom. The van der Waals surface area contributed by atoms with Crippen molar-refractivity contribution in [2.45, 2.75) is 0 Å². The average Bonchev–Trinajstić information content (AvgIpc) is 2.65. The standard InChI is InChI=1S/C17H15NO7/c1-23-13-7-8-16(24-2)14(9-13)15(19)10-25-17(20)11-3-5-12(6-4-11)18(21)22/h3-9H,10H2,1-2H3. The molecule has 0 saturated carbocycles. The molecule has 130 valence electrons. The molecule has 2 rings (SSSR count). The first-order chi connectivity index (χ1) is 12.0. The molecule has 0 spiro atoms. The largest absolute Gasteiger partial charge is 0.497 e. The second kappa shape index (κ2) is 7.91. The van der Waals surface area contributed by atoms with Gasteiger partial charge in [-0.3, -0.25) is 14.9 Å². The molecule has 0 bridgehead atoms. The van der Waals surface area contributed by atoms with Crippen LogP contribution in [0.1, 0.15) is 20.7 Å². The molecule has 0 saturated heterocycles. The van der Waals surface area contributed by atoms with E-state index < -0.39 is 23.3 Å². The zero-order chi connectivity index (χ0) is 18.4. The molecule has 0 unspecified atom stereocenters. The molecule has 8 nitrogen and oxygen atoms in total. The first kappa shape index (κ1) is 17.9. The van der Waals surface area contributed by atoms with E-state index in [1.807, 2.05) is 0 Å². The first-order valence-electron chi connectivity index (χ1n) is 7.13. The van der Waals surface area contributed by atoms with Gasteiger partial charge in [-0.2, -0.15) is 0 Å². The van der Waals surface area contributed by atoms with Gasteiger partial charge in [0.2, 0.25) is 5.78 Å². The lowest BCUT2D eigenvalue weighted by atomic mass is 10.1. The highest BCUT2D eigenvalue weighted by Gasteiger charge is 2.17. The average molecular weight is 345 g/mol. The highest BCUT2D eigenvalue weighted by atomic mass is 16.6. The van der Waals surface area contributed by atoms with E-state index in [0.29, 0.717) is 11.5 Å². The summed E-state index contributed by atoms with van der Waals surface area (Å²) in [7, 11) is 2.88. The van der Waals surface area contributed by atoms with Crippen molar-refractivity contribution in [3.63, 3.8) is 0 Å². The van der Waals surface area contributed by atoms with Crippen molar-refractivity contribution in [2.75, 3.05) is 20.8 Å². The topological polar surface area (TPSA) is 105 Å². The number of ether oxygens (including phenoxy) is 3. The number of hydrogen-bond donors (Lipinski definition) is 0. The van der Waals surface area contributed by atoms with Crippen LogP contribution in [0, 0.1) is 10.1 Å². The molecule has 0 aromatic heterocycles. The summed E-state index contributed by atoms with van der Waals surface area (Å²) in [4.78, 5) is 34.2. The Bertz CT molecular complexity index is 799. The summed E-state index contributed by atoms with van der Waals surface area (Å²) < 4.78 is 15.1. The fourth-order valence-corrected chi connectivity index (χ4v) is 2.04. The SMILES string of the molecule is COc1ccc(OC)c(C(=O)COC(=O)c2ccc([N+](=O)[O-])cc2)c1. The van der Waals surface area contributed by atoms with Gasteiger partial charge in [-0.15, -0.1) is 0 Å². The van der Waals surface area contributed by atoms with E-state index in [2.05, 4.69) is 0 Å². The zero-order valence-corrected chi connectivity index (χ0v) is 13.6. The van der Waals surface area contributed by atoms with Crippen LogP contribution in [0.5, 0.6) is 11.5 Å². The molecule has 0 atom stereocenters. The number of nitro groups is 1. The number of methoxy groups -OCH3 is 2. The Labute approximate surface area is 143 Å². The minimum atomic E-state index is -0.759. The molecule has 0 aliphatic carbocycles. The zero-order valence-electron chi connectivity index (χ0n) is 13.6. The molecule has 0 amide bonds. The van der Waals surface area contributed by atoms with Crippen LogP contribution in [-0.2, 0) is 4.74 Å². The predicted octanol–water partition coefficient (Wildman–Crippen LogP) is 2.65. The number of esters is 1. The lowest BCUT2D eigenvalue weighted by Gasteiger charge is -2.10. The molecule has 25 heavy (non-hydrogen) atoms. The summed E-state index contributed by atoms with van der Waals surface area (Å²) in [5.74, 6) is -0.431. The second-order valence-electron chi connectivity index (χ2n) is 4.87. The lowest BCUT2D eigenvalue weighted by molar-refractivity contribution is -0.384. The van der Waals surface area contributed by atoms with Gasteiger partial charge in [-0.25, -0.2) is 4.79 Å². The molecule has 0 aliphatic heterocycles. The van der Waals surface area contributed by atoms with Crippen molar-refractivity contribution >= 4 is 17.4 Å². The molecule has 0 fully saturated rings. The number of non-ortho nitro benzene ring substituents is 1. The van der Waals surface area contributed by atoms with Gasteiger partial charge in [0.1, 0.15) is 11.5 Å². The maximum Gasteiger partial charge on any atom is 0.338 e. The molecule has 2 aromatic rings. The van der Waals surface area contributed by atoms with Crippen LogP contribution in [0.2, 0.25) is 0 Å². The van der Waals surface area contributed by atoms with Crippen molar-refractivity contribution in [3.05, 3.63) is 63.7 Å². The maximum atomic E-state index is 12.3. The van der Waals surface area contributed by atoms with Crippen LogP contribution in [0.25, 0.3) is 0 Å². The van der Waals surface area contributed by atoms with Gasteiger partial charge in [0.25, 0.3) is 5.69 Å². The summed E-state index contributed by atoms with van der Waals surface area (Å²) in [6.07, 6.45) is 0. The van der Waals surface area contributed by atoms with Gasteiger partial charge in [-0.1, -0.05) is 0 Å². The van der Waals surface area contributed by atoms with E-state index in [0.717, 1.165) is 0 Å². The van der Waals surface area contributed by atoms with Crippen LogP contribution in [-0.4, -0.2) is 37.5 Å². The quantitative estimate of drug-likeness (QED) is 0.329. The Hall–Kier alpha value is -3.42. The number of carbonyl (C=O) groups is 2. The summed E-state index contributed by atoms with van der Waals surface area (Å²) in [5, 5.41) is 10.6. The molecular weight excluding hydrogens is 330 g/mol. The van der Waals surface area contributed by atoms with Crippen LogP contribution in [0.15, 0.2) is 42.5 Å². The van der Waals surface area contributed by atoms with Gasteiger partial charge in [0, 0.05) is 12.1 Å². The first-order valence-corrected chi connectivity index (χ1v) is 7.13. The van der Waals surface area contributed by atoms with Crippen molar-refractivity contribution in [3.8, 4) is 11.5 Å². The Morgan fingerprint density at radius 3 is 2.28 bits per heavy atom. The predicted molar refractivity (Wildman–Crippen MR) is 87.3 cm³/mol. The van der Waals surface area contributed by atoms with Crippen LogP contribution in [0.3, 0.4) is 0 Å². The van der Waals surface area contributed by atoms with Gasteiger partial charge in [-0.05, 0) is 30.3 Å².